The maximum absolute atomic E-state index is 11.1. The third-order valence-electron chi connectivity index (χ3n) is 2.61. The molecule has 0 saturated heterocycles. The van der Waals surface area contributed by atoms with Crippen molar-refractivity contribution in [2.24, 2.45) is 5.73 Å². The third-order valence-corrected chi connectivity index (χ3v) is 2.61. The van der Waals surface area contributed by atoms with Crippen LogP contribution in [0.25, 0.3) is 10.9 Å². The number of hydrogen-bond acceptors (Lipinski definition) is 4. The van der Waals surface area contributed by atoms with Crippen molar-refractivity contribution in [1.29, 1.82) is 0 Å². The third kappa shape index (κ3) is 2.60. The SMILES string of the molecule is COC(=O)C[C@@H](N)c1ccc2ccccc2n1. The zero-order valence-corrected chi connectivity index (χ0v) is 9.59. The highest BCUT2D eigenvalue weighted by molar-refractivity contribution is 5.78. The Morgan fingerprint density at radius 3 is 2.88 bits per heavy atom. The van der Waals surface area contributed by atoms with Crippen LogP contribution in [0, 0.1) is 0 Å². The summed E-state index contributed by atoms with van der Waals surface area (Å²) in [6.45, 7) is 0. The molecule has 88 valence electrons. The molecule has 4 nitrogen and oxygen atoms in total. The van der Waals surface area contributed by atoms with E-state index in [0.29, 0.717) is 5.69 Å². The van der Waals surface area contributed by atoms with Crippen LogP contribution >= 0.6 is 0 Å². The van der Waals surface area contributed by atoms with Crippen LogP contribution in [0.15, 0.2) is 36.4 Å². The molecule has 0 unspecified atom stereocenters. The summed E-state index contributed by atoms with van der Waals surface area (Å²) in [5.74, 6) is -0.326. The van der Waals surface area contributed by atoms with E-state index in [1.165, 1.54) is 7.11 Å². The molecule has 0 aliphatic carbocycles. The Morgan fingerprint density at radius 2 is 2.12 bits per heavy atom. The molecule has 0 bridgehead atoms. The monoisotopic (exact) mass is 230 g/mol. The molecular formula is C13H14N2O2. The molecule has 4 heteroatoms. The van der Waals surface area contributed by atoms with Crippen molar-refractivity contribution in [2.75, 3.05) is 7.11 Å². The number of ether oxygens (including phenoxy) is 1. The van der Waals surface area contributed by atoms with E-state index < -0.39 is 6.04 Å². The van der Waals surface area contributed by atoms with Crippen LogP contribution in [-0.4, -0.2) is 18.1 Å². The van der Waals surface area contributed by atoms with E-state index in [1.807, 2.05) is 36.4 Å². The number of hydrogen-bond donors (Lipinski definition) is 1. The lowest BCUT2D eigenvalue weighted by molar-refractivity contribution is -0.141. The fourth-order valence-corrected chi connectivity index (χ4v) is 1.66. The summed E-state index contributed by atoms with van der Waals surface area (Å²) in [5.41, 5.74) is 7.48. The summed E-state index contributed by atoms with van der Waals surface area (Å²) < 4.78 is 4.58. The van der Waals surface area contributed by atoms with Crippen molar-refractivity contribution in [1.82, 2.24) is 4.98 Å². The van der Waals surface area contributed by atoms with Crippen LogP contribution in [0.4, 0.5) is 0 Å². The van der Waals surface area contributed by atoms with Crippen molar-refractivity contribution >= 4 is 16.9 Å². The maximum atomic E-state index is 11.1. The standard InChI is InChI=1S/C13H14N2O2/c1-17-13(16)8-10(14)12-7-6-9-4-2-3-5-11(9)15-12/h2-7,10H,8,14H2,1H3/t10-/m1/s1. The summed E-state index contributed by atoms with van der Waals surface area (Å²) >= 11 is 0. The molecule has 0 aliphatic rings. The lowest BCUT2D eigenvalue weighted by Crippen LogP contribution is -2.17. The molecule has 1 heterocycles. The van der Waals surface area contributed by atoms with E-state index in [0.717, 1.165) is 10.9 Å². The molecule has 2 N–H and O–H groups in total. The molecule has 1 aromatic heterocycles. The topological polar surface area (TPSA) is 65.2 Å². The number of methoxy groups -OCH3 is 1. The number of rotatable bonds is 3. The molecule has 0 spiro atoms. The number of benzene rings is 1. The first-order valence-electron chi connectivity index (χ1n) is 5.39. The van der Waals surface area contributed by atoms with Crippen molar-refractivity contribution in [3.05, 3.63) is 42.1 Å². The van der Waals surface area contributed by atoms with Crippen molar-refractivity contribution in [3.63, 3.8) is 0 Å². The molecule has 0 radical (unpaired) electrons. The number of nitrogens with zero attached hydrogens (tertiary/aromatic N) is 1. The zero-order chi connectivity index (χ0) is 12.3. The van der Waals surface area contributed by atoms with E-state index >= 15 is 0 Å². The predicted octanol–water partition coefficient (Wildman–Crippen LogP) is 1.80. The summed E-state index contributed by atoms with van der Waals surface area (Å²) in [6.07, 6.45) is 0.141. The Balaban J connectivity index is 2.26. The first-order chi connectivity index (χ1) is 8.20. The van der Waals surface area contributed by atoms with Crippen LogP contribution in [0.1, 0.15) is 18.2 Å². The Morgan fingerprint density at radius 1 is 1.35 bits per heavy atom. The van der Waals surface area contributed by atoms with Gasteiger partial charge in [-0.25, -0.2) is 0 Å². The van der Waals surface area contributed by atoms with Gasteiger partial charge in [0.1, 0.15) is 0 Å². The second-order valence-electron chi connectivity index (χ2n) is 3.82. The molecule has 0 saturated carbocycles. The van der Waals surface area contributed by atoms with Gasteiger partial charge in [0.2, 0.25) is 0 Å². The molecule has 2 aromatic rings. The van der Waals surface area contributed by atoms with Gasteiger partial charge in [-0.05, 0) is 12.1 Å². The van der Waals surface area contributed by atoms with Gasteiger partial charge in [-0.1, -0.05) is 24.3 Å². The number of carbonyl (C=O) groups excluding carboxylic acids is 1. The predicted molar refractivity (Wildman–Crippen MR) is 65.3 cm³/mol. The van der Waals surface area contributed by atoms with Gasteiger partial charge in [0.25, 0.3) is 0 Å². The number of fused-ring (bicyclic) bond motifs is 1. The summed E-state index contributed by atoms with van der Waals surface area (Å²) in [5, 5.41) is 1.06. The lowest BCUT2D eigenvalue weighted by Gasteiger charge is -2.10. The summed E-state index contributed by atoms with van der Waals surface area (Å²) in [4.78, 5) is 15.6. The largest absolute Gasteiger partial charge is 0.469 e. The van der Waals surface area contributed by atoms with Gasteiger partial charge in [0.05, 0.1) is 30.8 Å². The van der Waals surface area contributed by atoms with Crippen LogP contribution in [0.2, 0.25) is 0 Å². The first kappa shape index (κ1) is 11.5. The summed E-state index contributed by atoms with van der Waals surface area (Å²) in [7, 11) is 1.35. The second kappa shape index (κ2) is 4.93. The van der Waals surface area contributed by atoms with E-state index in [9.17, 15) is 4.79 Å². The molecule has 17 heavy (non-hydrogen) atoms. The highest BCUT2D eigenvalue weighted by Crippen LogP contribution is 2.17. The molecule has 1 aromatic carbocycles. The Bertz CT molecular complexity index is 540. The smallest absolute Gasteiger partial charge is 0.307 e. The van der Waals surface area contributed by atoms with Crippen molar-refractivity contribution in [2.45, 2.75) is 12.5 Å². The van der Waals surface area contributed by atoms with Gasteiger partial charge in [-0.2, -0.15) is 0 Å². The lowest BCUT2D eigenvalue weighted by atomic mass is 10.1. The minimum Gasteiger partial charge on any atom is -0.469 e. The van der Waals surface area contributed by atoms with Gasteiger partial charge >= 0.3 is 5.97 Å². The Labute approximate surface area is 99.4 Å². The average Bonchev–Trinajstić information content (AvgIpc) is 2.38. The van der Waals surface area contributed by atoms with Gasteiger partial charge in [-0.3, -0.25) is 9.78 Å². The average molecular weight is 230 g/mol. The molecule has 0 amide bonds. The number of carbonyl (C=O) groups is 1. The minimum absolute atomic E-state index is 0.141. The number of para-hydroxylation sites is 1. The van der Waals surface area contributed by atoms with Gasteiger partial charge in [0, 0.05) is 5.39 Å². The highest BCUT2D eigenvalue weighted by Gasteiger charge is 2.13. The molecular weight excluding hydrogens is 216 g/mol. The van der Waals surface area contributed by atoms with Crippen LogP contribution in [0.5, 0.6) is 0 Å². The molecule has 1 atom stereocenters. The second-order valence-corrected chi connectivity index (χ2v) is 3.82. The van der Waals surface area contributed by atoms with E-state index in [4.69, 9.17) is 5.73 Å². The summed E-state index contributed by atoms with van der Waals surface area (Å²) in [6, 6.07) is 11.2. The molecule has 0 aliphatic heterocycles. The van der Waals surface area contributed by atoms with Gasteiger partial charge < -0.3 is 10.5 Å². The number of pyridine rings is 1. The van der Waals surface area contributed by atoms with E-state index in [1.54, 1.807) is 0 Å². The quantitative estimate of drug-likeness (QED) is 0.816. The van der Waals surface area contributed by atoms with E-state index in [-0.39, 0.29) is 12.4 Å². The molecule has 0 fully saturated rings. The van der Waals surface area contributed by atoms with Crippen LogP contribution < -0.4 is 5.73 Å². The number of esters is 1. The zero-order valence-electron chi connectivity index (χ0n) is 9.59. The van der Waals surface area contributed by atoms with Crippen LogP contribution in [-0.2, 0) is 9.53 Å². The van der Waals surface area contributed by atoms with Gasteiger partial charge in [-0.15, -0.1) is 0 Å². The molecule has 2 rings (SSSR count). The fourth-order valence-electron chi connectivity index (χ4n) is 1.66. The van der Waals surface area contributed by atoms with Gasteiger partial charge in [0.15, 0.2) is 0 Å². The minimum atomic E-state index is -0.424. The number of nitrogens with two attached hydrogens (primary N) is 1. The Hall–Kier alpha value is -1.94. The van der Waals surface area contributed by atoms with E-state index in [2.05, 4.69) is 9.72 Å². The number of aromatic nitrogens is 1. The highest BCUT2D eigenvalue weighted by atomic mass is 16.5. The van der Waals surface area contributed by atoms with Crippen molar-refractivity contribution in [3.8, 4) is 0 Å². The normalized spacial score (nSPS) is 12.4. The maximum Gasteiger partial charge on any atom is 0.307 e. The van der Waals surface area contributed by atoms with Crippen molar-refractivity contribution < 1.29 is 9.53 Å². The van der Waals surface area contributed by atoms with Crippen LogP contribution in [0.3, 0.4) is 0 Å². The Kier molecular flexibility index (Phi) is 3.35. The fraction of sp³-hybridized carbons (Fsp3) is 0.231. The first-order valence-corrected chi connectivity index (χ1v) is 5.39.